The molecule has 0 aliphatic rings. The maximum absolute atomic E-state index is 15.3. The lowest BCUT2D eigenvalue weighted by molar-refractivity contribution is 0.454. The fourth-order valence-electron chi connectivity index (χ4n) is 6.36. The van der Waals surface area contributed by atoms with E-state index >= 15 is 8.78 Å². The van der Waals surface area contributed by atoms with Crippen molar-refractivity contribution in [2.75, 3.05) is 0 Å². The molecule has 0 aliphatic carbocycles. The van der Waals surface area contributed by atoms with Crippen molar-refractivity contribution in [1.29, 1.82) is 10.5 Å². The molecule has 8 aromatic rings. The van der Waals surface area contributed by atoms with Gasteiger partial charge in [0.05, 0.1) is 50.8 Å². The average molecular weight is 658 g/mol. The summed E-state index contributed by atoms with van der Waals surface area (Å²) in [6.07, 6.45) is 0. The van der Waals surface area contributed by atoms with E-state index in [9.17, 15) is 14.0 Å². The van der Waals surface area contributed by atoms with E-state index in [-0.39, 0.29) is 5.56 Å². The van der Waals surface area contributed by atoms with Gasteiger partial charge in [-0.25, -0.2) is 32.5 Å². The topological polar surface area (TPSA) is 86.2 Å². The second kappa shape index (κ2) is 11.9. The Morgan fingerprint density at radius 1 is 0.460 bits per heavy atom. The number of hydrogen-bond acceptors (Lipinski definition) is 5. The summed E-state index contributed by atoms with van der Waals surface area (Å²) in [5.74, 6) is -6.97. The highest BCUT2D eigenvalue weighted by Gasteiger charge is 2.27. The predicted octanol–water partition coefficient (Wildman–Crippen LogP) is 10.3. The van der Waals surface area contributed by atoms with Crippen LogP contribution < -0.4 is 0 Å². The molecule has 0 saturated heterocycles. The first kappa shape index (κ1) is 30.4. The Morgan fingerprint density at radius 2 is 1.02 bits per heavy atom. The summed E-state index contributed by atoms with van der Waals surface area (Å²) in [5, 5.41) is 21.2. The first-order valence-corrected chi connectivity index (χ1v) is 15.3. The molecular weight excluding hydrogens is 638 g/mol. The number of fused-ring (bicyclic) bond motifs is 5. The number of pyridine rings is 1. The molecule has 50 heavy (non-hydrogen) atoms. The predicted molar refractivity (Wildman–Crippen MR) is 183 cm³/mol. The number of para-hydroxylation sites is 1. The SMILES string of the molecule is N#Cc1c(F)c(F)c(-c2cccc(-c3nc4ccccc4c4c(C#N)cc5nc(-c6ccccc6)c(-c6ccccc6)nc5c34)c2)c(F)c1F. The number of halogens is 4. The highest BCUT2D eigenvalue weighted by molar-refractivity contribution is 6.22. The zero-order chi connectivity index (χ0) is 34.5. The molecule has 2 heterocycles. The summed E-state index contributed by atoms with van der Waals surface area (Å²) in [7, 11) is 0. The van der Waals surface area contributed by atoms with E-state index in [2.05, 4.69) is 6.07 Å². The Bertz CT molecular complexity index is 2740. The summed E-state index contributed by atoms with van der Waals surface area (Å²) in [6, 6.07) is 37.3. The lowest BCUT2D eigenvalue weighted by atomic mass is 9.93. The van der Waals surface area contributed by atoms with E-state index in [1.807, 2.05) is 72.8 Å². The number of rotatable bonds is 4. The maximum Gasteiger partial charge on any atom is 0.180 e. The average Bonchev–Trinajstić information content (AvgIpc) is 3.17. The highest BCUT2D eigenvalue weighted by Crippen LogP contribution is 2.42. The van der Waals surface area contributed by atoms with Crippen LogP contribution in [0.5, 0.6) is 0 Å². The molecule has 0 fully saturated rings. The molecule has 0 radical (unpaired) electrons. The summed E-state index contributed by atoms with van der Waals surface area (Å²) < 4.78 is 60.0. The van der Waals surface area contributed by atoms with Gasteiger partial charge in [0.2, 0.25) is 0 Å². The zero-order valence-electron chi connectivity index (χ0n) is 25.7. The smallest absolute Gasteiger partial charge is 0.180 e. The van der Waals surface area contributed by atoms with Crippen molar-refractivity contribution in [1.82, 2.24) is 15.0 Å². The largest absolute Gasteiger partial charge is 0.247 e. The van der Waals surface area contributed by atoms with Crippen molar-refractivity contribution in [3.8, 4) is 57.0 Å². The molecule has 0 N–H and O–H groups in total. The Balaban J connectivity index is 1.51. The van der Waals surface area contributed by atoms with E-state index in [0.29, 0.717) is 60.9 Å². The van der Waals surface area contributed by atoms with Crippen LogP contribution in [0.4, 0.5) is 17.6 Å². The third-order valence-corrected chi connectivity index (χ3v) is 8.62. The van der Waals surface area contributed by atoms with Crippen molar-refractivity contribution >= 4 is 32.7 Å². The van der Waals surface area contributed by atoms with Gasteiger partial charge in [-0.05, 0) is 23.8 Å². The number of aromatic nitrogens is 3. The standard InChI is InChI=1S/C41H19F4N5/c42-34-28(21-47)35(43)37(45)32(36(34)44)24-14-9-15-25(18-24)38-33-31(27-16-7-8-17-29(27)48-38)26(20-46)19-30-41(33)50-40(23-12-5-2-6-13-23)39(49-30)22-10-3-1-4-11-22/h1-19H. The van der Waals surface area contributed by atoms with Crippen molar-refractivity contribution in [2.45, 2.75) is 0 Å². The summed E-state index contributed by atoms with van der Waals surface area (Å²) in [4.78, 5) is 15.2. The van der Waals surface area contributed by atoms with Crippen LogP contribution >= 0.6 is 0 Å². The molecule has 6 aromatic carbocycles. The van der Waals surface area contributed by atoms with Crippen molar-refractivity contribution in [2.24, 2.45) is 0 Å². The number of hydrogen-bond donors (Lipinski definition) is 0. The summed E-state index contributed by atoms with van der Waals surface area (Å²) in [5.41, 5.74) is 2.59. The van der Waals surface area contributed by atoms with Crippen molar-refractivity contribution < 1.29 is 17.6 Å². The highest BCUT2D eigenvalue weighted by atomic mass is 19.2. The lowest BCUT2D eigenvalue weighted by Crippen LogP contribution is -2.04. The van der Waals surface area contributed by atoms with E-state index in [0.717, 1.165) is 11.1 Å². The van der Waals surface area contributed by atoms with Gasteiger partial charge in [0.25, 0.3) is 0 Å². The summed E-state index contributed by atoms with van der Waals surface area (Å²) >= 11 is 0. The van der Waals surface area contributed by atoms with Gasteiger partial charge in [-0.15, -0.1) is 0 Å². The fraction of sp³-hybridized carbons (Fsp3) is 0. The Morgan fingerprint density at radius 3 is 1.66 bits per heavy atom. The van der Waals surface area contributed by atoms with Crippen LogP contribution in [0.25, 0.3) is 77.6 Å². The third kappa shape index (κ3) is 4.72. The maximum atomic E-state index is 15.3. The monoisotopic (exact) mass is 657 g/mol. The van der Waals surface area contributed by atoms with E-state index in [1.165, 1.54) is 24.3 Å². The van der Waals surface area contributed by atoms with Gasteiger partial charge in [0, 0.05) is 32.8 Å². The van der Waals surface area contributed by atoms with Crippen LogP contribution in [0, 0.1) is 45.9 Å². The minimum atomic E-state index is -1.79. The van der Waals surface area contributed by atoms with Crippen molar-refractivity contribution in [3.05, 3.63) is 150 Å². The second-order valence-corrected chi connectivity index (χ2v) is 11.5. The van der Waals surface area contributed by atoms with E-state index < -0.39 is 34.4 Å². The van der Waals surface area contributed by atoms with Gasteiger partial charge < -0.3 is 0 Å². The minimum Gasteiger partial charge on any atom is -0.247 e. The molecule has 0 unspecified atom stereocenters. The van der Waals surface area contributed by atoms with E-state index in [1.54, 1.807) is 24.3 Å². The molecule has 2 aromatic heterocycles. The molecule has 0 amide bonds. The zero-order valence-corrected chi connectivity index (χ0v) is 25.7. The Kier molecular flexibility index (Phi) is 7.24. The molecular formula is C41H19F4N5. The first-order chi connectivity index (χ1) is 24.4. The minimum absolute atomic E-state index is 0.189. The normalized spacial score (nSPS) is 11.2. The first-order valence-electron chi connectivity index (χ1n) is 15.3. The fourth-order valence-corrected chi connectivity index (χ4v) is 6.36. The summed E-state index contributed by atoms with van der Waals surface area (Å²) in [6.45, 7) is 0. The van der Waals surface area contributed by atoms with Crippen molar-refractivity contribution in [3.63, 3.8) is 0 Å². The number of nitriles is 2. The van der Waals surface area contributed by atoms with Gasteiger partial charge in [0.15, 0.2) is 23.3 Å². The molecule has 0 saturated carbocycles. The van der Waals surface area contributed by atoms with Crippen LogP contribution in [0.15, 0.2) is 115 Å². The molecule has 5 nitrogen and oxygen atoms in total. The molecule has 0 aliphatic heterocycles. The van der Waals surface area contributed by atoms with Crippen LogP contribution in [0.1, 0.15) is 11.1 Å². The Hall–Kier alpha value is -6.97. The van der Waals surface area contributed by atoms with Crippen LogP contribution in [-0.2, 0) is 0 Å². The Labute approximate surface area is 282 Å². The van der Waals surface area contributed by atoms with Gasteiger partial charge in [-0.2, -0.15) is 10.5 Å². The molecule has 0 bridgehead atoms. The molecule has 8 rings (SSSR count). The number of benzene rings is 6. The quantitative estimate of drug-likeness (QED) is 0.107. The van der Waals surface area contributed by atoms with Gasteiger partial charge in [-0.3, -0.25) is 0 Å². The molecule has 9 heteroatoms. The second-order valence-electron chi connectivity index (χ2n) is 11.5. The van der Waals surface area contributed by atoms with Gasteiger partial charge in [-0.1, -0.05) is 97.1 Å². The molecule has 0 atom stereocenters. The molecule has 0 spiro atoms. The number of nitrogens with zero attached hydrogens (tertiary/aromatic N) is 5. The van der Waals surface area contributed by atoms with Gasteiger partial charge in [0.1, 0.15) is 11.6 Å². The van der Waals surface area contributed by atoms with Crippen LogP contribution in [-0.4, -0.2) is 15.0 Å². The van der Waals surface area contributed by atoms with Gasteiger partial charge >= 0.3 is 0 Å². The van der Waals surface area contributed by atoms with Crippen LogP contribution in [0.3, 0.4) is 0 Å². The molecule has 236 valence electrons. The van der Waals surface area contributed by atoms with E-state index in [4.69, 9.17) is 20.2 Å². The lowest BCUT2D eigenvalue weighted by Gasteiger charge is -2.17. The van der Waals surface area contributed by atoms with Crippen LogP contribution in [0.2, 0.25) is 0 Å². The third-order valence-electron chi connectivity index (χ3n) is 8.62.